The van der Waals surface area contributed by atoms with E-state index in [1.165, 1.54) is 7.05 Å². The predicted molar refractivity (Wildman–Crippen MR) is 78.8 cm³/mol. The van der Waals surface area contributed by atoms with Gasteiger partial charge in [-0.1, -0.05) is 0 Å². The molecule has 1 N–H and O–H groups in total. The Morgan fingerprint density at radius 3 is 2.86 bits per heavy atom. The molecule has 0 fully saturated rings. The number of pyridine rings is 2. The normalized spacial score (nSPS) is 14.7. The minimum Gasteiger partial charge on any atom is -0.336 e. The smallest absolute Gasteiger partial charge is 0.278 e. The summed E-state index contributed by atoms with van der Waals surface area (Å²) < 4.78 is 1.66. The van der Waals surface area contributed by atoms with Crippen molar-refractivity contribution in [2.45, 2.75) is 0 Å². The highest BCUT2D eigenvalue weighted by Gasteiger charge is 2.38. The Kier molecular flexibility index (Phi) is 1.82. The fraction of sp³-hybridized carbons (Fsp3) is 0.0667. The number of H-pyrrole nitrogens is 1. The van der Waals surface area contributed by atoms with E-state index in [1.54, 1.807) is 23.0 Å². The number of rotatable bonds is 0. The summed E-state index contributed by atoms with van der Waals surface area (Å²) in [5.74, 6) is -0.617. The Balaban J connectivity index is 2.17. The molecule has 106 valence electrons. The first-order valence-electron chi connectivity index (χ1n) is 6.76. The van der Waals surface area contributed by atoms with E-state index >= 15 is 0 Å². The maximum absolute atomic E-state index is 12.6. The first-order chi connectivity index (χ1) is 10.7. The van der Waals surface area contributed by atoms with Crippen molar-refractivity contribution < 1.29 is 9.59 Å². The lowest BCUT2D eigenvalue weighted by Crippen LogP contribution is -2.24. The van der Waals surface area contributed by atoms with Gasteiger partial charge in [-0.2, -0.15) is 0 Å². The molecule has 0 atom stereocenters. The van der Waals surface area contributed by atoms with E-state index < -0.39 is 0 Å². The maximum atomic E-state index is 12.6. The summed E-state index contributed by atoms with van der Waals surface area (Å²) in [5.41, 5.74) is 2.77. The molecule has 5 heterocycles. The summed E-state index contributed by atoms with van der Waals surface area (Å²) in [4.78, 5) is 38.0. The molecular formula is C15H9N5O2. The molecule has 0 aliphatic carbocycles. The summed E-state index contributed by atoms with van der Waals surface area (Å²) in [7, 11) is 1.49. The van der Waals surface area contributed by atoms with E-state index in [0.717, 1.165) is 10.3 Å². The quantitative estimate of drug-likeness (QED) is 0.499. The highest BCUT2D eigenvalue weighted by Crippen LogP contribution is 2.36. The minimum atomic E-state index is -0.317. The molecule has 1 aliphatic heterocycles. The number of hydrogen-bond acceptors (Lipinski definition) is 4. The number of aromatic amines is 1. The second-order valence-corrected chi connectivity index (χ2v) is 5.29. The number of nitrogens with one attached hydrogen (secondary N) is 1. The first-order valence-corrected chi connectivity index (χ1v) is 6.76. The summed E-state index contributed by atoms with van der Waals surface area (Å²) in [6, 6.07) is 3.69. The molecule has 7 heteroatoms. The van der Waals surface area contributed by atoms with Gasteiger partial charge >= 0.3 is 0 Å². The molecule has 0 aromatic carbocycles. The fourth-order valence-corrected chi connectivity index (χ4v) is 3.19. The van der Waals surface area contributed by atoms with Crippen LogP contribution in [0.2, 0.25) is 0 Å². The third kappa shape index (κ3) is 1.09. The largest absolute Gasteiger partial charge is 0.336 e. The predicted octanol–water partition coefficient (Wildman–Crippen LogP) is 1.59. The second kappa shape index (κ2) is 3.51. The Labute approximate surface area is 123 Å². The van der Waals surface area contributed by atoms with Crippen LogP contribution in [0, 0.1) is 0 Å². The van der Waals surface area contributed by atoms with Crippen molar-refractivity contribution in [3.8, 4) is 0 Å². The van der Waals surface area contributed by atoms with E-state index in [-0.39, 0.29) is 11.8 Å². The minimum absolute atomic E-state index is 0.301. The van der Waals surface area contributed by atoms with Gasteiger partial charge < -0.3 is 4.98 Å². The van der Waals surface area contributed by atoms with Crippen LogP contribution in [0.3, 0.4) is 0 Å². The lowest BCUT2D eigenvalue weighted by atomic mass is 10.1. The van der Waals surface area contributed by atoms with Gasteiger partial charge in [0.15, 0.2) is 5.65 Å². The number of carbonyl (C=O) groups excluding carboxylic acids is 2. The van der Waals surface area contributed by atoms with Gasteiger partial charge in [0.2, 0.25) is 0 Å². The van der Waals surface area contributed by atoms with E-state index in [2.05, 4.69) is 15.0 Å². The van der Waals surface area contributed by atoms with Crippen LogP contribution >= 0.6 is 0 Å². The molecule has 4 aromatic heterocycles. The van der Waals surface area contributed by atoms with Crippen molar-refractivity contribution in [3.63, 3.8) is 0 Å². The van der Waals surface area contributed by atoms with Crippen LogP contribution in [0.4, 0.5) is 0 Å². The monoisotopic (exact) mass is 291 g/mol. The van der Waals surface area contributed by atoms with Gasteiger partial charge in [-0.25, -0.2) is 9.97 Å². The molecule has 5 rings (SSSR count). The number of nitrogens with zero attached hydrogens (tertiary/aromatic N) is 4. The molecule has 2 amide bonds. The molecule has 0 saturated heterocycles. The average molecular weight is 291 g/mol. The van der Waals surface area contributed by atoms with Crippen molar-refractivity contribution in [2.75, 3.05) is 7.05 Å². The van der Waals surface area contributed by atoms with Gasteiger partial charge in [-0.3, -0.25) is 18.9 Å². The first kappa shape index (κ1) is 11.4. The number of imidazole rings is 1. The van der Waals surface area contributed by atoms with Gasteiger partial charge in [0, 0.05) is 36.4 Å². The van der Waals surface area contributed by atoms with Gasteiger partial charge in [0.25, 0.3) is 11.8 Å². The number of amides is 2. The van der Waals surface area contributed by atoms with Crippen LogP contribution in [-0.4, -0.2) is 43.1 Å². The molecule has 0 radical (unpaired) electrons. The lowest BCUT2D eigenvalue weighted by Gasteiger charge is -2.03. The summed E-state index contributed by atoms with van der Waals surface area (Å²) in [6.45, 7) is 0. The van der Waals surface area contributed by atoms with Crippen LogP contribution in [0.1, 0.15) is 20.8 Å². The molecule has 0 unspecified atom stereocenters. The van der Waals surface area contributed by atoms with Gasteiger partial charge in [0.05, 0.1) is 11.1 Å². The van der Waals surface area contributed by atoms with Crippen LogP contribution < -0.4 is 0 Å². The lowest BCUT2D eigenvalue weighted by molar-refractivity contribution is 0.0691. The van der Waals surface area contributed by atoms with Crippen LogP contribution in [0.15, 0.2) is 30.7 Å². The third-order valence-corrected chi connectivity index (χ3v) is 4.19. The molecule has 0 spiro atoms. The molecular weight excluding hydrogens is 282 g/mol. The van der Waals surface area contributed by atoms with Crippen LogP contribution in [0.25, 0.3) is 27.6 Å². The van der Waals surface area contributed by atoms with E-state index in [1.807, 2.05) is 12.1 Å². The number of imide groups is 1. The third-order valence-electron chi connectivity index (χ3n) is 4.19. The highest BCUT2D eigenvalue weighted by atomic mass is 16.2. The number of carbonyl (C=O) groups is 2. The second-order valence-electron chi connectivity index (χ2n) is 5.29. The molecule has 4 aromatic rings. The molecule has 1 aliphatic rings. The summed E-state index contributed by atoms with van der Waals surface area (Å²) >= 11 is 0. The van der Waals surface area contributed by atoms with E-state index in [4.69, 9.17) is 0 Å². The van der Waals surface area contributed by atoms with E-state index in [0.29, 0.717) is 33.5 Å². The Hall–Kier alpha value is -3.22. The van der Waals surface area contributed by atoms with Crippen molar-refractivity contribution >= 4 is 39.4 Å². The van der Waals surface area contributed by atoms with Gasteiger partial charge in [-0.05, 0) is 12.1 Å². The zero-order valence-corrected chi connectivity index (χ0v) is 11.5. The van der Waals surface area contributed by atoms with Gasteiger partial charge in [-0.15, -0.1) is 0 Å². The average Bonchev–Trinajstić information content (AvgIpc) is 3.19. The van der Waals surface area contributed by atoms with Crippen molar-refractivity contribution in [1.29, 1.82) is 0 Å². The van der Waals surface area contributed by atoms with Gasteiger partial charge in [0.1, 0.15) is 11.3 Å². The molecule has 7 nitrogen and oxygen atoms in total. The zero-order chi connectivity index (χ0) is 15.0. The maximum Gasteiger partial charge on any atom is 0.278 e. The van der Waals surface area contributed by atoms with Crippen molar-refractivity contribution in [1.82, 2.24) is 24.3 Å². The highest BCUT2D eigenvalue weighted by molar-refractivity contribution is 6.30. The molecule has 0 saturated carbocycles. The number of fused-ring (bicyclic) bond motifs is 8. The Morgan fingerprint density at radius 1 is 1.14 bits per heavy atom. The number of hydrogen-bond donors (Lipinski definition) is 1. The summed E-state index contributed by atoms with van der Waals surface area (Å²) in [5, 5.41) is 1.52. The summed E-state index contributed by atoms with van der Waals surface area (Å²) in [6.07, 6.45) is 4.99. The molecule has 22 heavy (non-hydrogen) atoms. The Bertz CT molecular complexity index is 1140. The topological polar surface area (TPSA) is 83.4 Å². The fourth-order valence-electron chi connectivity index (χ4n) is 3.19. The standard InChI is InChI=1S/C15H9N5O2/c1-19-14(21)9-8-7-3-2-4-16-12(7)18-10(8)13-17-5-6-20(13)11(9)15(19)22/h2-6H,1H3,(H,16,18). The van der Waals surface area contributed by atoms with Crippen molar-refractivity contribution in [3.05, 3.63) is 42.0 Å². The molecule has 0 bridgehead atoms. The Morgan fingerprint density at radius 2 is 2.00 bits per heavy atom. The SMILES string of the molecule is CN1C(=O)c2c(n3ccnc3c3[nH]c4ncccc4c23)C1=O. The zero-order valence-electron chi connectivity index (χ0n) is 11.5. The van der Waals surface area contributed by atoms with Crippen molar-refractivity contribution in [2.24, 2.45) is 0 Å². The van der Waals surface area contributed by atoms with Crippen LogP contribution in [-0.2, 0) is 0 Å². The number of aromatic nitrogens is 4. The van der Waals surface area contributed by atoms with E-state index in [9.17, 15) is 9.59 Å². The van der Waals surface area contributed by atoms with Crippen LogP contribution in [0.5, 0.6) is 0 Å².